The van der Waals surface area contributed by atoms with Crippen molar-refractivity contribution in [3.8, 4) is 5.75 Å². The predicted molar refractivity (Wildman–Crippen MR) is 104 cm³/mol. The molecule has 0 heterocycles. The predicted octanol–water partition coefficient (Wildman–Crippen LogP) is 2.19. The molecular weight excluding hydrogens is 360 g/mol. The van der Waals surface area contributed by atoms with E-state index in [2.05, 4.69) is 5.32 Å². The van der Waals surface area contributed by atoms with Crippen LogP contribution in [0.2, 0.25) is 0 Å². The lowest BCUT2D eigenvalue weighted by Crippen LogP contribution is -2.35. The fourth-order valence-electron chi connectivity index (χ4n) is 2.42. The van der Waals surface area contributed by atoms with Gasteiger partial charge in [0.1, 0.15) is 12.3 Å². The van der Waals surface area contributed by atoms with E-state index in [4.69, 9.17) is 9.47 Å². The zero-order chi connectivity index (χ0) is 20.5. The summed E-state index contributed by atoms with van der Waals surface area (Å²) < 4.78 is 10.7. The second kappa shape index (κ2) is 10.1. The second-order valence-electron chi connectivity index (χ2n) is 6.15. The number of amides is 2. The number of carbonyl (C=O) groups is 3. The van der Waals surface area contributed by atoms with E-state index in [1.165, 1.54) is 4.90 Å². The van der Waals surface area contributed by atoms with Gasteiger partial charge >= 0.3 is 5.97 Å². The van der Waals surface area contributed by atoms with E-state index >= 15 is 0 Å². The van der Waals surface area contributed by atoms with E-state index in [0.29, 0.717) is 23.5 Å². The molecule has 28 heavy (non-hydrogen) atoms. The molecular formula is C21H24N2O5. The highest BCUT2D eigenvalue weighted by molar-refractivity contribution is 5.96. The van der Waals surface area contributed by atoms with Crippen molar-refractivity contribution in [3.05, 3.63) is 65.7 Å². The Labute approximate surface area is 164 Å². The maximum Gasteiger partial charge on any atom is 0.326 e. The first kappa shape index (κ1) is 21.0. The van der Waals surface area contributed by atoms with Crippen molar-refractivity contribution in [1.29, 1.82) is 0 Å². The van der Waals surface area contributed by atoms with Gasteiger partial charge in [-0.2, -0.15) is 0 Å². The topological polar surface area (TPSA) is 84.9 Å². The maximum atomic E-state index is 12.4. The van der Waals surface area contributed by atoms with E-state index < -0.39 is 18.0 Å². The van der Waals surface area contributed by atoms with Crippen LogP contribution in [-0.2, 0) is 14.3 Å². The van der Waals surface area contributed by atoms with E-state index in [0.717, 1.165) is 0 Å². The molecule has 1 N–H and O–H groups in total. The molecule has 0 aliphatic heterocycles. The van der Waals surface area contributed by atoms with Gasteiger partial charge in [0.05, 0.1) is 6.61 Å². The third kappa shape index (κ3) is 5.84. The molecule has 0 fully saturated rings. The molecule has 2 aromatic rings. The fraction of sp³-hybridized carbons (Fsp3) is 0.286. The van der Waals surface area contributed by atoms with Gasteiger partial charge in [0.25, 0.3) is 11.8 Å². The van der Waals surface area contributed by atoms with Crippen LogP contribution in [0, 0.1) is 0 Å². The molecule has 2 rings (SSSR count). The first-order valence-corrected chi connectivity index (χ1v) is 8.89. The van der Waals surface area contributed by atoms with Crippen molar-refractivity contribution in [2.75, 3.05) is 27.2 Å². The van der Waals surface area contributed by atoms with Crippen molar-refractivity contribution in [1.82, 2.24) is 10.2 Å². The number of nitrogens with zero attached hydrogens (tertiary/aromatic N) is 1. The lowest BCUT2D eigenvalue weighted by Gasteiger charge is -2.21. The van der Waals surface area contributed by atoms with E-state index in [-0.39, 0.29) is 12.5 Å². The van der Waals surface area contributed by atoms with E-state index in [1.54, 1.807) is 68.7 Å². The molecule has 0 spiro atoms. The third-order valence-corrected chi connectivity index (χ3v) is 3.84. The minimum absolute atomic E-state index is 0.351. The Morgan fingerprint density at radius 3 is 2.21 bits per heavy atom. The number of carbonyl (C=O) groups excluding carboxylic acids is 3. The highest BCUT2D eigenvalue weighted by Crippen LogP contribution is 2.19. The fourth-order valence-corrected chi connectivity index (χ4v) is 2.42. The maximum absolute atomic E-state index is 12.4. The first-order valence-electron chi connectivity index (χ1n) is 8.89. The van der Waals surface area contributed by atoms with Crippen molar-refractivity contribution in [2.24, 2.45) is 0 Å². The highest BCUT2D eigenvalue weighted by Gasteiger charge is 2.26. The monoisotopic (exact) mass is 384 g/mol. The second-order valence-corrected chi connectivity index (χ2v) is 6.15. The van der Waals surface area contributed by atoms with Crippen molar-refractivity contribution < 1.29 is 23.9 Å². The summed E-state index contributed by atoms with van der Waals surface area (Å²) in [6, 6.07) is 15.3. The quantitative estimate of drug-likeness (QED) is 0.705. The van der Waals surface area contributed by atoms with Gasteiger partial charge in [-0.3, -0.25) is 14.4 Å². The summed E-state index contributed by atoms with van der Waals surface area (Å²) in [5.74, 6) is -0.831. The first-order chi connectivity index (χ1) is 13.4. The summed E-state index contributed by atoms with van der Waals surface area (Å²) in [7, 11) is 3.17. The molecule has 0 bridgehead atoms. The number of likely N-dealkylation sites (N-methyl/N-ethyl adjacent to an activating group) is 1. The summed E-state index contributed by atoms with van der Waals surface area (Å²) in [6.07, 6.45) is -1.06. The van der Waals surface area contributed by atoms with Gasteiger partial charge in [0.2, 0.25) is 6.10 Å². The normalized spacial score (nSPS) is 11.2. The molecule has 2 aromatic carbocycles. The van der Waals surface area contributed by atoms with Gasteiger partial charge in [-0.25, -0.2) is 0 Å². The van der Waals surface area contributed by atoms with Crippen LogP contribution < -0.4 is 10.1 Å². The van der Waals surface area contributed by atoms with Crippen LogP contribution in [0.3, 0.4) is 0 Å². The largest absolute Gasteiger partial charge is 0.494 e. The van der Waals surface area contributed by atoms with Crippen molar-refractivity contribution in [2.45, 2.75) is 13.0 Å². The molecule has 1 atom stereocenters. The number of hydrogen-bond acceptors (Lipinski definition) is 5. The molecule has 0 aliphatic carbocycles. The Morgan fingerprint density at radius 1 is 1.00 bits per heavy atom. The van der Waals surface area contributed by atoms with Gasteiger partial charge in [-0.1, -0.05) is 30.3 Å². The molecule has 7 nitrogen and oxygen atoms in total. The third-order valence-electron chi connectivity index (χ3n) is 3.84. The average molecular weight is 384 g/mol. The summed E-state index contributed by atoms with van der Waals surface area (Å²) in [5.41, 5.74) is 0.951. The molecule has 0 saturated carbocycles. The van der Waals surface area contributed by atoms with Crippen molar-refractivity contribution >= 4 is 17.8 Å². The number of benzene rings is 2. The number of esters is 1. The van der Waals surface area contributed by atoms with Crippen LogP contribution in [-0.4, -0.2) is 49.9 Å². The van der Waals surface area contributed by atoms with Gasteiger partial charge in [-0.05, 0) is 31.2 Å². The van der Waals surface area contributed by atoms with Crippen LogP contribution in [0.1, 0.15) is 28.9 Å². The van der Waals surface area contributed by atoms with Crippen molar-refractivity contribution in [3.63, 3.8) is 0 Å². The van der Waals surface area contributed by atoms with Gasteiger partial charge in [-0.15, -0.1) is 0 Å². The molecule has 148 valence electrons. The zero-order valence-electron chi connectivity index (χ0n) is 16.2. The Balaban J connectivity index is 1.96. The Hall–Kier alpha value is -3.35. The number of hydrogen-bond donors (Lipinski definition) is 1. The van der Waals surface area contributed by atoms with E-state index in [1.807, 2.05) is 6.92 Å². The minimum Gasteiger partial charge on any atom is -0.494 e. The molecule has 0 saturated heterocycles. The standard InChI is InChI=1S/C21H24N2O5/c1-4-27-17-12-10-16(11-13-17)20(25)22-14-18(24)28-19(21(26)23(2)3)15-8-6-5-7-9-15/h5-13,19H,4,14H2,1-3H3,(H,22,25)/t19-/m0/s1. The van der Waals surface area contributed by atoms with Crippen LogP contribution >= 0.6 is 0 Å². The smallest absolute Gasteiger partial charge is 0.326 e. The van der Waals surface area contributed by atoms with Crippen LogP contribution in [0.5, 0.6) is 5.75 Å². The molecule has 0 unspecified atom stereocenters. The highest BCUT2D eigenvalue weighted by atomic mass is 16.5. The average Bonchev–Trinajstić information content (AvgIpc) is 2.71. The Morgan fingerprint density at radius 2 is 1.64 bits per heavy atom. The summed E-state index contributed by atoms with van der Waals surface area (Å²) >= 11 is 0. The summed E-state index contributed by atoms with van der Waals surface area (Å²) in [6.45, 7) is 2.05. The zero-order valence-corrected chi connectivity index (χ0v) is 16.2. The Kier molecular flexibility index (Phi) is 7.56. The minimum atomic E-state index is -1.06. The Bertz CT molecular complexity index is 803. The van der Waals surface area contributed by atoms with Crippen LogP contribution in [0.25, 0.3) is 0 Å². The van der Waals surface area contributed by atoms with Gasteiger partial charge < -0.3 is 19.7 Å². The SMILES string of the molecule is CCOc1ccc(C(=O)NCC(=O)O[C@H](C(=O)N(C)C)c2ccccc2)cc1. The molecule has 7 heteroatoms. The molecule has 0 radical (unpaired) electrons. The van der Waals surface area contributed by atoms with Crippen LogP contribution in [0.15, 0.2) is 54.6 Å². The number of ether oxygens (including phenoxy) is 2. The number of rotatable bonds is 8. The van der Waals surface area contributed by atoms with E-state index in [9.17, 15) is 14.4 Å². The number of nitrogens with one attached hydrogen (secondary N) is 1. The van der Waals surface area contributed by atoms with Gasteiger partial charge in [0, 0.05) is 25.2 Å². The van der Waals surface area contributed by atoms with Gasteiger partial charge in [0.15, 0.2) is 0 Å². The molecule has 2 amide bonds. The van der Waals surface area contributed by atoms with Crippen LogP contribution in [0.4, 0.5) is 0 Å². The summed E-state index contributed by atoms with van der Waals surface area (Å²) in [4.78, 5) is 38.1. The molecule has 0 aromatic heterocycles. The lowest BCUT2D eigenvalue weighted by atomic mass is 10.1. The lowest BCUT2D eigenvalue weighted by molar-refractivity contribution is -0.158. The molecule has 0 aliphatic rings. The summed E-state index contributed by atoms with van der Waals surface area (Å²) in [5, 5.41) is 2.50.